The van der Waals surface area contributed by atoms with Crippen molar-refractivity contribution in [2.45, 2.75) is 5.79 Å². The van der Waals surface area contributed by atoms with E-state index in [9.17, 15) is 10.2 Å². The van der Waals surface area contributed by atoms with Crippen LogP contribution in [0, 0.1) is 0 Å². The van der Waals surface area contributed by atoms with Crippen molar-refractivity contribution < 1.29 is 10.2 Å². The van der Waals surface area contributed by atoms with Gasteiger partial charge in [0, 0.05) is 11.1 Å². The molecule has 0 heterocycles. The molecule has 4 aromatic rings. The molecule has 0 aromatic heterocycles. The highest BCUT2D eigenvalue weighted by Gasteiger charge is 2.32. The van der Waals surface area contributed by atoms with Crippen molar-refractivity contribution in [3.05, 3.63) is 120 Å². The first kappa shape index (κ1) is 17.2. The Morgan fingerprint density at radius 1 is 0.481 bits per heavy atom. The Morgan fingerprint density at radius 2 is 1.00 bits per heavy atom. The van der Waals surface area contributed by atoms with Crippen LogP contribution in [0.1, 0.15) is 11.1 Å². The first-order valence-electron chi connectivity index (χ1n) is 8.92. The molecule has 0 bridgehead atoms. The molecular weight excluding hydrogens is 332 g/mol. The zero-order valence-corrected chi connectivity index (χ0v) is 14.8. The largest absolute Gasteiger partial charge is 0.358 e. The minimum Gasteiger partial charge on any atom is -0.358 e. The number of rotatable bonds is 4. The molecule has 0 saturated carbocycles. The maximum atomic E-state index is 11.1. The Balaban J connectivity index is 2.01. The fourth-order valence-electron chi connectivity index (χ4n) is 3.44. The molecule has 0 atom stereocenters. The van der Waals surface area contributed by atoms with Crippen LogP contribution in [0.15, 0.2) is 109 Å². The van der Waals surface area contributed by atoms with Gasteiger partial charge in [0.1, 0.15) is 0 Å². The van der Waals surface area contributed by atoms with Gasteiger partial charge >= 0.3 is 0 Å². The lowest BCUT2D eigenvalue weighted by molar-refractivity contribution is -0.131. The highest BCUT2D eigenvalue weighted by molar-refractivity contribution is 5.86. The number of aliphatic hydroxyl groups is 2. The van der Waals surface area contributed by atoms with Gasteiger partial charge in [0.05, 0.1) is 0 Å². The third-order valence-electron chi connectivity index (χ3n) is 4.76. The zero-order valence-electron chi connectivity index (χ0n) is 14.8. The second-order valence-electron chi connectivity index (χ2n) is 6.50. The maximum absolute atomic E-state index is 11.1. The zero-order chi connectivity index (χ0) is 18.7. The fraction of sp³-hybridized carbons (Fsp3) is 0.0400. The molecule has 0 radical (unpaired) electrons. The van der Waals surface area contributed by atoms with Crippen molar-refractivity contribution in [3.63, 3.8) is 0 Å². The van der Waals surface area contributed by atoms with Crippen molar-refractivity contribution in [3.8, 4) is 22.3 Å². The van der Waals surface area contributed by atoms with Gasteiger partial charge in [0.15, 0.2) is 0 Å². The number of benzene rings is 4. The first-order chi connectivity index (χ1) is 13.2. The molecule has 4 aromatic carbocycles. The molecule has 4 rings (SSSR count). The highest BCUT2D eigenvalue weighted by atomic mass is 16.5. The molecule has 0 fully saturated rings. The minimum absolute atomic E-state index is 0.437. The van der Waals surface area contributed by atoms with E-state index in [1.165, 1.54) is 0 Å². The van der Waals surface area contributed by atoms with Crippen molar-refractivity contribution in [2.24, 2.45) is 0 Å². The number of hydrogen-bond acceptors (Lipinski definition) is 2. The molecular formula is C25H20O2. The SMILES string of the molecule is OC(O)(c1ccccc1)c1cccc(-c2ccccc2)c1-c1ccccc1. The average molecular weight is 352 g/mol. The standard InChI is InChI=1S/C25H20O2/c26-25(27,21-15-8-3-9-16-21)23-18-10-17-22(19-11-4-1-5-12-19)24(23)20-13-6-2-7-14-20/h1-18,26-27H. The smallest absolute Gasteiger partial charge is 0.217 e. The fourth-order valence-corrected chi connectivity index (χ4v) is 3.44. The van der Waals surface area contributed by atoms with Gasteiger partial charge in [-0.3, -0.25) is 0 Å². The van der Waals surface area contributed by atoms with Gasteiger partial charge in [-0.15, -0.1) is 0 Å². The average Bonchev–Trinajstić information content (AvgIpc) is 2.75. The molecule has 0 spiro atoms. The Labute approximate surface area is 159 Å². The third-order valence-corrected chi connectivity index (χ3v) is 4.76. The molecule has 0 unspecified atom stereocenters. The lowest BCUT2D eigenvalue weighted by Gasteiger charge is -2.27. The summed E-state index contributed by atoms with van der Waals surface area (Å²) in [5.74, 6) is -2.10. The van der Waals surface area contributed by atoms with Gasteiger partial charge in [-0.1, -0.05) is 109 Å². The van der Waals surface area contributed by atoms with Crippen LogP contribution >= 0.6 is 0 Å². The van der Waals surface area contributed by atoms with Crippen molar-refractivity contribution in [1.82, 2.24) is 0 Å². The van der Waals surface area contributed by atoms with E-state index in [0.29, 0.717) is 11.1 Å². The van der Waals surface area contributed by atoms with Crippen LogP contribution in [0.4, 0.5) is 0 Å². The van der Waals surface area contributed by atoms with Crippen LogP contribution < -0.4 is 0 Å². The summed E-state index contributed by atoms with van der Waals surface area (Å²) in [6.45, 7) is 0. The van der Waals surface area contributed by atoms with Crippen molar-refractivity contribution >= 4 is 0 Å². The van der Waals surface area contributed by atoms with Crippen LogP contribution in [0.2, 0.25) is 0 Å². The first-order valence-corrected chi connectivity index (χ1v) is 8.92. The Bertz CT molecular complexity index is 1020. The van der Waals surface area contributed by atoms with Crippen LogP contribution in [0.3, 0.4) is 0 Å². The highest BCUT2D eigenvalue weighted by Crippen LogP contribution is 2.40. The monoisotopic (exact) mass is 352 g/mol. The van der Waals surface area contributed by atoms with Gasteiger partial charge in [-0.05, 0) is 22.3 Å². The van der Waals surface area contributed by atoms with E-state index < -0.39 is 5.79 Å². The minimum atomic E-state index is -2.10. The van der Waals surface area contributed by atoms with Gasteiger partial charge in [0.25, 0.3) is 0 Å². The van der Waals surface area contributed by atoms with Crippen molar-refractivity contribution in [1.29, 1.82) is 0 Å². The second-order valence-corrected chi connectivity index (χ2v) is 6.50. The van der Waals surface area contributed by atoms with Gasteiger partial charge in [-0.2, -0.15) is 0 Å². The van der Waals surface area contributed by atoms with Gasteiger partial charge in [0.2, 0.25) is 5.79 Å². The summed E-state index contributed by atoms with van der Waals surface area (Å²) in [6.07, 6.45) is 0. The summed E-state index contributed by atoms with van der Waals surface area (Å²) in [4.78, 5) is 0. The van der Waals surface area contributed by atoms with Crippen LogP contribution in [0.25, 0.3) is 22.3 Å². The topological polar surface area (TPSA) is 40.5 Å². The summed E-state index contributed by atoms with van der Waals surface area (Å²) in [5, 5.41) is 22.3. The molecule has 2 nitrogen and oxygen atoms in total. The molecule has 2 heteroatoms. The lowest BCUT2D eigenvalue weighted by Crippen LogP contribution is -2.27. The molecule has 0 amide bonds. The molecule has 0 aliphatic carbocycles. The summed E-state index contributed by atoms with van der Waals surface area (Å²) < 4.78 is 0. The second kappa shape index (κ2) is 7.20. The quantitative estimate of drug-likeness (QED) is 0.495. The summed E-state index contributed by atoms with van der Waals surface area (Å²) >= 11 is 0. The van der Waals surface area contributed by atoms with Crippen LogP contribution in [-0.2, 0) is 5.79 Å². The molecule has 0 saturated heterocycles. The lowest BCUT2D eigenvalue weighted by atomic mass is 9.85. The Hall–Kier alpha value is -3.20. The third kappa shape index (κ3) is 3.28. The van der Waals surface area contributed by atoms with E-state index in [1.807, 2.05) is 78.9 Å². The van der Waals surface area contributed by atoms with E-state index in [1.54, 1.807) is 30.3 Å². The van der Waals surface area contributed by atoms with Crippen LogP contribution in [-0.4, -0.2) is 10.2 Å². The predicted molar refractivity (Wildman–Crippen MR) is 109 cm³/mol. The van der Waals surface area contributed by atoms with E-state index in [-0.39, 0.29) is 0 Å². The molecule has 27 heavy (non-hydrogen) atoms. The Kier molecular flexibility index (Phi) is 4.59. The van der Waals surface area contributed by atoms with E-state index in [2.05, 4.69) is 0 Å². The molecule has 0 aliphatic rings. The molecule has 2 N–H and O–H groups in total. The normalized spacial score (nSPS) is 11.3. The summed E-state index contributed by atoms with van der Waals surface area (Å²) in [7, 11) is 0. The van der Waals surface area contributed by atoms with E-state index in [0.717, 1.165) is 22.3 Å². The van der Waals surface area contributed by atoms with Crippen molar-refractivity contribution in [2.75, 3.05) is 0 Å². The number of hydrogen-bond donors (Lipinski definition) is 2. The molecule has 0 aliphatic heterocycles. The predicted octanol–water partition coefficient (Wildman–Crippen LogP) is 5.21. The van der Waals surface area contributed by atoms with E-state index >= 15 is 0 Å². The van der Waals surface area contributed by atoms with Gasteiger partial charge in [-0.25, -0.2) is 0 Å². The van der Waals surface area contributed by atoms with Gasteiger partial charge < -0.3 is 10.2 Å². The maximum Gasteiger partial charge on any atom is 0.217 e. The molecule has 132 valence electrons. The summed E-state index contributed by atoms with van der Waals surface area (Å²) in [6, 6.07) is 34.5. The summed E-state index contributed by atoms with van der Waals surface area (Å²) in [5.41, 5.74) is 4.65. The van der Waals surface area contributed by atoms with Crippen LogP contribution in [0.5, 0.6) is 0 Å². The van der Waals surface area contributed by atoms with E-state index in [4.69, 9.17) is 0 Å². The Morgan fingerprint density at radius 3 is 1.59 bits per heavy atom.